The number of carbonyl (C=O) groups excluding carboxylic acids is 1. The van der Waals surface area contributed by atoms with Gasteiger partial charge in [0.2, 0.25) is 5.91 Å². The molecule has 1 amide bonds. The van der Waals surface area contributed by atoms with Gasteiger partial charge in [0.25, 0.3) is 0 Å². The Labute approximate surface area is 108 Å². The zero-order chi connectivity index (χ0) is 13.0. The lowest BCUT2D eigenvalue weighted by Gasteiger charge is -2.36. The van der Waals surface area contributed by atoms with Crippen LogP contribution in [-0.2, 0) is 4.79 Å². The molecule has 0 aromatic carbocycles. The zero-order valence-electron chi connectivity index (χ0n) is 10.6. The molecule has 98 valence electrons. The molecule has 1 aliphatic heterocycles. The van der Waals surface area contributed by atoms with Crippen LogP contribution in [0.3, 0.4) is 0 Å². The highest BCUT2D eigenvalue weighted by Gasteiger charge is 2.31. The molecule has 0 aromatic heterocycles. The molecule has 3 atom stereocenters. The Bertz CT molecular complexity index is 296. The molecular weight excluding hydrogens is 236 g/mol. The maximum atomic E-state index is 12.3. The zero-order valence-corrected chi connectivity index (χ0v) is 11.4. The summed E-state index contributed by atoms with van der Waals surface area (Å²) < 4.78 is 0. The van der Waals surface area contributed by atoms with Gasteiger partial charge in [0.05, 0.1) is 17.0 Å². The van der Waals surface area contributed by atoms with E-state index < -0.39 is 0 Å². The quantitative estimate of drug-likeness (QED) is 0.736. The molecule has 1 rings (SSSR count). The van der Waals surface area contributed by atoms with Gasteiger partial charge >= 0.3 is 0 Å². The summed E-state index contributed by atoms with van der Waals surface area (Å²) in [6.07, 6.45) is 1.94. The van der Waals surface area contributed by atoms with E-state index in [1.165, 1.54) is 0 Å². The highest BCUT2D eigenvalue weighted by Crippen LogP contribution is 2.20. The molecular formula is C12H22N2O2S. The van der Waals surface area contributed by atoms with Gasteiger partial charge in [0.15, 0.2) is 0 Å². The Morgan fingerprint density at radius 1 is 1.65 bits per heavy atom. The van der Waals surface area contributed by atoms with Crippen LogP contribution in [0.1, 0.15) is 33.1 Å². The predicted molar refractivity (Wildman–Crippen MR) is 71.6 cm³/mol. The number of amides is 1. The number of aliphatic hydroxyl groups excluding tert-OH is 1. The van der Waals surface area contributed by atoms with Crippen LogP contribution in [0.2, 0.25) is 0 Å². The van der Waals surface area contributed by atoms with E-state index in [9.17, 15) is 9.90 Å². The Hall–Kier alpha value is -0.680. The summed E-state index contributed by atoms with van der Waals surface area (Å²) in [6.45, 7) is 5.18. The maximum Gasteiger partial charge on any atom is 0.232 e. The molecule has 0 spiro atoms. The summed E-state index contributed by atoms with van der Waals surface area (Å²) in [4.78, 5) is 14.3. The number of nitrogens with zero attached hydrogens (tertiary/aromatic N) is 1. The number of rotatable bonds is 4. The fourth-order valence-electron chi connectivity index (χ4n) is 2.23. The Kier molecular flexibility index (Phi) is 5.33. The van der Waals surface area contributed by atoms with Crippen molar-refractivity contribution < 1.29 is 9.90 Å². The second kappa shape index (κ2) is 6.31. The van der Waals surface area contributed by atoms with E-state index in [-0.39, 0.29) is 28.8 Å². The van der Waals surface area contributed by atoms with Crippen molar-refractivity contribution in [2.45, 2.75) is 39.2 Å². The normalized spacial score (nSPS) is 26.6. The smallest absolute Gasteiger partial charge is 0.232 e. The lowest BCUT2D eigenvalue weighted by atomic mass is 9.94. The molecule has 0 aromatic rings. The van der Waals surface area contributed by atoms with Crippen LogP contribution in [0.15, 0.2) is 0 Å². The van der Waals surface area contributed by atoms with E-state index in [2.05, 4.69) is 0 Å². The maximum absolute atomic E-state index is 12.3. The summed E-state index contributed by atoms with van der Waals surface area (Å²) in [6, 6.07) is 0. The molecule has 17 heavy (non-hydrogen) atoms. The number of carbonyl (C=O) groups is 1. The van der Waals surface area contributed by atoms with E-state index in [1.54, 1.807) is 4.90 Å². The number of hydrogen-bond acceptors (Lipinski definition) is 3. The fourth-order valence-corrected chi connectivity index (χ4v) is 2.45. The van der Waals surface area contributed by atoms with Crippen molar-refractivity contribution in [2.24, 2.45) is 17.6 Å². The number of hydrogen-bond donors (Lipinski definition) is 2. The standard InChI is InChI=1S/C12H22N2O2S/c1-3-4-9(11(13)17)12(16)14-6-5-10(15)8(2)7-14/h8-10,15H,3-7H2,1-2H3,(H2,13,17). The number of thiocarbonyl (C=S) groups is 1. The van der Waals surface area contributed by atoms with Gasteiger partial charge in [0, 0.05) is 13.1 Å². The van der Waals surface area contributed by atoms with Crippen molar-refractivity contribution in [2.75, 3.05) is 13.1 Å². The number of likely N-dealkylation sites (tertiary alicyclic amines) is 1. The Balaban J connectivity index is 2.65. The van der Waals surface area contributed by atoms with Gasteiger partial charge in [-0.3, -0.25) is 4.79 Å². The summed E-state index contributed by atoms with van der Waals surface area (Å²) in [7, 11) is 0. The summed E-state index contributed by atoms with van der Waals surface area (Å²) in [5.41, 5.74) is 5.63. The molecule has 4 nitrogen and oxygen atoms in total. The minimum atomic E-state index is -0.336. The summed E-state index contributed by atoms with van der Waals surface area (Å²) in [5, 5.41) is 9.64. The summed E-state index contributed by atoms with van der Waals surface area (Å²) in [5.74, 6) is -0.183. The molecule has 0 saturated carbocycles. The summed E-state index contributed by atoms with van der Waals surface area (Å²) >= 11 is 4.96. The lowest BCUT2D eigenvalue weighted by molar-refractivity contribution is -0.137. The van der Waals surface area contributed by atoms with Gasteiger partial charge in [-0.25, -0.2) is 0 Å². The number of piperidine rings is 1. The topological polar surface area (TPSA) is 66.6 Å². The minimum Gasteiger partial charge on any atom is -0.393 e. The molecule has 1 aliphatic rings. The largest absolute Gasteiger partial charge is 0.393 e. The Morgan fingerprint density at radius 2 is 2.29 bits per heavy atom. The lowest BCUT2D eigenvalue weighted by Crippen LogP contribution is -2.49. The highest BCUT2D eigenvalue weighted by atomic mass is 32.1. The molecule has 1 heterocycles. The molecule has 5 heteroatoms. The third-order valence-electron chi connectivity index (χ3n) is 3.39. The van der Waals surface area contributed by atoms with Crippen LogP contribution in [0.4, 0.5) is 0 Å². The number of aliphatic hydroxyl groups is 1. The monoisotopic (exact) mass is 258 g/mol. The molecule has 0 bridgehead atoms. The van der Waals surface area contributed by atoms with Crippen LogP contribution >= 0.6 is 12.2 Å². The van der Waals surface area contributed by atoms with Crippen LogP contribution in [0.25, 0.3) is 0 Å². The highest BCUT2D eigenvalue weighted by molar-refractivity contribution is 7.80. The van der Waals surface area contributed by atoms with Gasteiger partial charge < -0.3 is 15.7 Å². The van der Waals surface area contributed by atoms with E-state index in [0.29, 0.717) is 25.9 Å². The third kappa shape index (κ3) is 3.64. The van der Waals surface area contributed by atoms with Crippen LogP contribution in [-0.4, -0.2) is 40.1 Å². The second-order valence-electron chi connectivity index (χ2n) is 4.86. The van der Waals surface area contributed by atoms with Gasteiger partial charge in [-0.15, -0.1) is 0 Å². The first-order valence-corrected chi connectivity index (χ1v) is 6.64. The van der Waals surface area contributed by atoms with E-state index in [1.807, 2.05) is 13.8 Å². The minimum absolute atomic E-state index is 0.0260. The van der Waals surface area contributed by atoms with Crippen molar-refractivity contribution in [3.05, 3.63) is 0 Å². The van der Waals surface area contributed by atoms with Crippen molar-refractivity contribution in [1.29, 1.82) is 0 Å². The second-order valence-corrected chi connectivity index (χ2v) is 5.33. The van der Waals surface area contributed by atoms with Crippen LogP contribution < -0.4 is 5.73 Å². The van der Waals surface area contributed by atoms with Crippen LogP contribution in [0, 0.1) is 11.8 Å². The van der Waals surface area contributed by atoms with E-state index in [0.717, 1.165) is 6.42 Å². The first-order valence-electron chi connectivity index (χ1n) is 6.23. The predicted octanol–water partition coefficient (Wildman–Crippen LogP) is 0.918. The Morgan fingerprint density at radius 3 is 2.76 bits per heavy atom. The third-order valence-corrected chi connectivity index (χ3v) is 3.68. The molecule has 0 aliphatic carbocycles. The first-order chi connectivity index (χ1) is 7.97. The van der Waals surface area contributed by atoms with Crippen molar-refractivity contribution in [3.8, 4) is 0 Å². The van der Waals surface area contributed by atoms with Gasteiger partial charge in [-0.05, 0) is 18.8 Å². The van der Waals surface area contributed by atoms with Crippen molar-refractivity contribution in [3.63, 3.8) is 0 Å². The molecule has 1 saturated heterocycles. The van der Waals surface area contributed by atoms with Crippen molar-refractivity contribution in [1.82, 2.24) is 4.90 Å². The van der Waals surface area contributed by atoms with Gasteiger partial charge in [-0.2, -0.15) is 0 Å². The number of nitrogens with two attached hydrogens (primary N) is 1. The SMILES string of the molecule is CCCC(C(=O)N1CCC(O)C(C)C1)C(N)=S. The van der Waals surface area contributed by atoms with Crippen LogP contribution in [0.5, 0.6) is 0 Å². The first kappa shape index (κ1) is 14.4. The fraction of sp³-hybridized carbons (Fsp3) is 0.833. The molecule has 0 radical (unpaired) electrons. The molecule has 3 N–H and O–H groups in total. The average Bonchev–Trinajstić information content (AvgIpc) is 2.28. The van der Waals surface area contributed by atoms with Gasteiger partial charge in [-0.1, -0.05) is 32.5 Å². The average molecular weight is 258 g/mol. The van der Waals surface area contributed by atoms with Crippen molar-refractivity contribution >= 4 is 23.1 Å². The van der Waals surface area contributed by atoms with E-state index >= 15 is 0 Å². The molecule has 1 fully saturated rings. The van der Waals surface area contributed by atoms with E-state index in [4.69, 9.17) is 18.0 Å². The van der Waals surface area contributed by atoms with Gasteiger partial charge in [0.1, 0.15) is 0 Å². The molecule has 3 unspecified atom stereocenters.